The molecule has 0 bridgehead atoms. The van der Waals surface area contributed by atoms with Crippen molar-refractivity contribution in [3.8, 4) is 0 Å². The van der Waals surface area contributed by atoms with E-state index in [4.69, 9.17) is 24.3 Å². The van der Waals surface area contributed by atoms with Gasteiger partial charge < -0.3 is 20.1 Å². The summed E-state index contributed by atoms with van der Waals surface area (Å²) in [6.45, 7) is 3.51. The summed E-state index contributed by atoms with van der Waals surface area (Å²) in [5, 5.41) is 0. The average Bonchev–Trinajstić information content (AvgIpc) is 3.08. The molecule has 0 fully saturated rings. The van der Waals surface area contributed by atoms with Gasteiger partial charge in [0, 0.05) is 19.4 Å². The topological polar surface area (TPSA) is 134 Å². The third-order valence-corrected chi connectivity index (χ3v) is 8.37. The molecule has 0 heterocycles. The summed E-state index contributed by atoms with van der Waals surface area (Å²) in [6, 6.07) is 0. The van der Waals surface area contributed by atoms with Crippen molar-refractivity contribution in [2.45, 2.75) is 148 Å². The van der Waals surface area contributed by atoms with Crippen molar-refractivity contribution in [2.75, 3.05) is 26.4 Å². The summed E-state index contributed by atoms with van der Waals surface area (Å²) < 4.78 is 32.6. The smallest absolute Gasteiger partial charge is 0.462 e. The highest BCUT2D eigenvalue weighted by molar-refractivity contribution is 7.47. The average molecular weight is 710 g/mol. The molecule has 0 saturated carbocycles. The van der Waals surface area contributed by atoms with Gasteiger partial charge in [-0.05, 0) is 77.0 Å². The Morgan fingerprint density at radius 2 is 1.12 bits per heavy atom. The Kier molecular flexibility index (Phi) is 33.9. The monoisotopic (exact) mass is 709 g/mol. The molecule has 0 aliphatic rings. The van der Waals surface area contributed by atoms with Crippen LogP contribution in [0.25, 0.3) is 0 Å². The molecular formula is C39H68NO8P. The molecule has 0 rings (SSSR count). The lowest BCUT2D eigenvalue weighted by molar-refractivity contribution is -0.161. The highest BCUT2D eigenvalue weighted by atomic mass is 31.2. The number of rotatable bonds is 34. The number of hydrogen-bond donors (Lipinski definition) is 2. The van der Waals surface area contributed by atoms with E-state index in [-0.39, 0.29) is 32.6 Å². The normalized spacial score (nSPS) is 14.1. The van der Waals surface area contributed by atoms with E-state index in [2.05, 4.69) is 74.6 Å². The molecule has 2 atom stereocenters. The van der Waals surface area contributed by atoms with Crippen LogP contribution in [-0.2, 0) is 32.7 Å². The maximum atomic E-state index is 12.5. The molecule has 0 radical (unpaired) electrons. The van der Waals surface area contributed by atoms with Crippen LogP contribution in [0.5, 0.6) is 0 Å². The molecule has 0 spiro atoms. The van der Waals surface area contributed by atoms with Crippen molar-refractivity contribution in [3.05, 3.63) is 60.8 Å². The van der Waals surface area contributed by atoms with Crippen molar-refractivity contribution in [1.29, 1.82) is 0 Å². The van der Waals surface area contributed by atoms with Crippen molar-refractivity contribution in [1.82, 2.24) is 0 Å². The van der Waals surface area contributed by atoms with E-state index in [0.29, 0.717) is 12.8 Å². The molecule has 0 aliphatic heterocycles. The van der Waals surface area contributed by atoms with Crippen LogP contribution in [-0.4, -0.2) is 49.3 Å². The number of nitrogens with two attached hydrogens (primary N) is 1. The van der Waals surface area contributed by atoms with Gasteiger partial charge in [-0.25, -0.2) is 4.57 Å². The van der Waals surface area contributed by atoms with Crippen molar-refractivity contribution >= 4 is 19.8 Å². The maximum absolute atomic E-state index is 12.5. The van der Waals surface area contributed by atoms with Crippen molar-refractivity contribution in [2.24, 2.45) is 5.73 Å². The zero-order chi connectivity index (χ0) is 36.1. The van der Waals surface area contributed by atoms with Crippen LogP contribution in [0.1, 0.15) is 142 Å². The molecule has 0 aromatic carbocycles. The predicted molar refractivity (Wildman–Crippen MR) is 201 cm³/mol. The minimum Gasteiger partial charge on any atom is -0.462 e. The zero-order valence-corrected chi connectivity index (χ0v) is 31.5. The van der Waals surface area contributed by atoms with Gasteiger partial charge in [-0.3, -0.25) is 18.6 Å². The first-order chi connectivity index (χ1) is 23.8. The number of carbonyl (C=O) groups excluding carboxylic acids is 2. The van der Waals surface area contributed by atoms with Gasteiger partial charge in [0.25, 0.3) is 0 Å². The van der Waals surface area contributed by atoms with Crippen LogP contribution in [0.2, 0.25) is 0 Å². The molecule has 49 heavy (non-hydrogen) atoms. The van der Waals surface area contributed by atoms with Crippen molar-refractivity contribution in [3.63, 3.8) is 0 Å². The Morgan fingerprint density at radius 3 is 1.69 bits per heavy atom. The van der Waals surface area contributed by atoms with E-state index in [1.54, 1.807) is 0 Å². The number of allylic oxidation sites excluding steroid dienone is 10. The second-order valence-electron chi connectivity index (χ2n) is 12.1. The van der Waals surface area contributed by atoms with E-state index in [9.17, 15) is 19.0 Å². The van der Waals surface area contributed by atoms with Crippen LogP contribution in [0.4, 0.5) is 0 Å². The highest BCUT2D eigenvalue weighted by Crippen LogP contribution is 2.43. The largest absolute Gasteiger partial charge is 0.472 e. The summed E-state index contributed by atoms with van der Waals surface area (Å²) in [4.78, 5) is 34.7. The minimum absolute atomic E-state index is 0.0435. The van der Waals surface area contributed by atoms with Crippen LogP contribution < -0.4 is 5.73 Å². The SMILES string of the molecule is CC/C=C\C/C=C\C/C=C\CCCCCC(=O)OC(COC(=O)CCCCCCC/C=C\C/C=C\CCCCC)COP(=O)(O)OCCN. The summed E-state index contributed by atoms with van der Waals surface area (Å²) in [7, 11) is -4.38. The van der Waals surface area contributed by atoms with Crippen LogP contribution >= 0.6 is 7.82 Å². The molecule has 2 unspecified atom stereocenters. The Morgan fingerprint density at radius 1 is 0.633 bits per heavy atom. The number of hydrogen-bond acceptors (Lipinski definition) is 8. The molecule has 0 saturated heterocycles. The van der Waals surface area contributed by atoms with Gasteiger partial charge in [-0.1, -0.05) is 113 Å². The first kappa shape index (κ1) is 46.7. The number of unbranched alkanes of at least 4 members (excludes halogenated alkanes) is 11. The lowest BCUT2D eigenvalue weighted by atomic mass is 10.1. The first-order valence-corrected chi connectivity index (χ1v) is 20.3. The van der Waals surface area contributed by atoms with Gasteiger partial charge in [-0.2, -0.15) is 0 Å². The van der Waals surface area contributed by atoms with Gasteiger partial charge in [0.05, 0.1) is 13.2 Å². The van der Waals surface area contributed by atoms with Gasteiger partial charge >= 0.3 is 19.8 Å². The van der Waals surface area contributed by atoms with Crippen LogP contribution in [0.3, 0.4) is 0 Å². The van der Waals surface area contributed by atoms with Crippen LogP contribution in [0, 0.1) is 0 Å². The van der Waals surface area contributed by atoms with Gasteiger partial charge in [0.1, 0.15) is 6.61 Å². The number of phosphoric acid groups is 1. The second kappa shape index (κ2) is 35.5. The molecule has 282 valence electrons. The lowest BCUT2D eigenvalue weighted by Crippen LogP contribution is -2.29. The van der Waals surface area contributed by atoms with E-state index in [0.717, 1.165) is 77.0 Å². The summed E-state index contributed by atoms with van der Waals surface area (Å²) >= 11 is 0. The summed E-state index contributed by atoms with van der Waals surface area (Å²) in [5.41, 5.74) is 5.32. The van der Waals surface area contributed by atoms with E-state index < -0.39 is 32.5 Å². The Bertz CT molecular complexity index is 992. The fraction of sp³-hybridized carbons (Fsp3) is 0.692. The molecular weight excluding hydrogens is 641 g/mol. The molecule has 0 aliphatic carbocycles. The highest BCUT2D eigenvalue weighted by Gasteiger charge is 2.25. The van der Waals surface area contributed by atoms with Gasteiger partial charge in [0.2, 0.25) is 0 Å². The molecule has 0 aromatic heterocycles. The number of phosphoric ester groups is 1. The maximum Gasteiger partial charge on any atom is 0.472 e. The quantitative estimate of drug-likeness (QED) is 0.0290. The van der Waals surface area contributed by atoms with Gasteiger partial charge in [-0.15, -0.1) is 0 Å². The Hall–Kier alpha value is -2.29. The summed E-state index contributed by atoms with van der Waals surface area (Å²) in [5.74, 6) is -0.887. The molecule has 9 nitrogen and oxygen atoms in total. The third kappa shape index (κ3) is 35.3. The van der Waals surface area contributed by atoms with Gasteiger partial charge in [0.15, 0.2) is 6.10 Å². The lowest BCUT2D eigenvalue weighted by Gasteiger charge is -2.19. The fourth-order valence-electron chi connectivity index (χ4n) is 4.62. The van der Waals surface area contributed by atoms with E-state index in [1.807, 2.05) is 0 Å². The molecule has 3 N–H and O–H groups in total. The Balaban J connectivity index is 4.31. The number of carbonyl (C=O) groups is 2. The molecule has 0 amide bonds. The first-order valence-electron chi connectivity index (χ1n) is 18.8. The molecule has 0 aromatic rings. The van der Waals surface area contributed by atoms with Crippen LogP contribution in [0.15, 0.2) is 60.8 Å². The van der Waals surface area contributed by atoms with E-state index in [1.165, 1.54) is 25.7 Å². The minimum atomic E-state index is -4.38. The summed E-state index contributed by atoms with van der Waals surface area (Å²) in [6.07, 6.45) is 39.7. The fourth-order valence-corrected chi connectivity index (χ4v) is 5.38. The second-order valence-corrected chi connectivity index (χ2v) is 13.5. The molecule has 10 heteroatoms. The number of esters is 2. The zero-order valence-electron chi connectivity index (χ0n) is 30.7. The standard InChI is InChI=1S/C39H68NO8P/c1-3-5-7-9-11-13-15-17-18-20-21-23-25-27-29-31-38(41)45-35-37(36-47-49(43,44)46-34-33-40)48-39(42)32-30-28-26-24-22-19-16-14-12-10-8-6-4-2/h6,8,11-14,17-19,22,37H,3-5,7,9-10,15-16,20-21,23-36,40H2,1-2H3,(H,43,44)/b8-6-,13-11-,14-12-,18-17-,22-19-. The number of ether oxygens (including phenoxy) is 2. The third-order valence-electron chi connectivity index (χ3n) is 7.39. The van der Waals surface area contributed by atoms with E-state index >= 15 is 0 Å². The predicted octanol–water partition coefficient (Wildman–Crippen LogP) is 10.2. The Labute approximate surface area is 298 Å². The van der Waals surface area contributed by atoms with Crippen molar-refractivity contribution < 1.29 is 37.6 Å².